The number of nitrogens with one attached hydrogen (secondary N) is 1. The Morgan fingerprint density at radius 3 is 2.95 bits per heavy atom. The number of ether oxygens (including phenoxy) is 1. The summed E-state index contributed by atoms with van der Waals surface area (Å²) in [5.41, 5.74) is 0.587. The summed E-state index contributed by atoms with van der Waals surface area (Å²) in [6.07, 6.45) is 2.69. The third kappa shape index (κ3) is 2.70. The number of aryl methyl sites for hydroxylation is 2. The van der Waals surface area contributed by atoms with Crippen LogP contribution in [0.1, 0.15) is 32.4 Å². The predicted octanol–water partition coefficient (Wildman–Crippen LogP) is 1.87. The van der Waals surface area contributed by atoms with Crippen molar-refractivity contribution in [2.75, 3.05) is 11.9 Å². The molecule has 0 saturated carbocycles. The Morgan fingerprint density at radius 1 is 1.68 bits per heavy atom. The van der Waals surface area contributed by atoms with Crippen LogP contribution < -0.4 is 5.32 Å². The molecule has 2 heterocycles. The molecule has 1 aliphatic rings. The first kappa shape index (κ1) is 13.8. The van der Waals surface area contributed by atoms with Gasteiger partial charge in [-0.05, 0) is 26.2 Å². The molecule has 0 bridgehead atoms. The fraction of sp³-hybridized carbons (Fsp3) is 0.750. The Morgan fingerprint density at radius 2 is 2.42 bits per heavy atom. The highest BCUT2D eigenvalue weighted by molar-refractivity contribution is 5.60. The van der Waals surface area contributed by atoms with Gasteiger partial charge in [-0.15, -0.1) is 0 Å². The minimum absolute atomic E-state index is 0.0290. The SMILES string of the molecule is CCc1nn(C)c(NC(C)C2CCCO2)c1[N+](=O)[O-]. The van der Waals surface area contributed by atoms with Gasteiger partial charge >= 0.3 is 5.69 Å². The van der Waals surface area contributed by atoms with E-state index in [1.54, 1.807) is 11.7 Å². The molecule has 7 nitrogen and oxygen atoms in total. The van der Waals surface area contributed by atoms with E-state index in [1.165, 1.54) is 0 Å². The van der Waals surface area contributed by atoms with Crippen molar-refractivity contribution in [3.05, 3.63) is 15.8 Å². The van der Waals surface area contributed by atoms with E-state index in [4.69, 9.17) is 4.74 Å². The molecule has 1 aromatic heterocycles. The smallest absolute Gasteiger partial charge is 0.333 e. The second-order valence-corrected chi connectivity index (χ2v) is 4.86. The van der Waals surface area contributed by atoms with Gasteiger partial charge in [0.2, 0.25) is 5.82 Å². The molecule has 2 atom stereocenters. The van der Waals surface area contributed by atoms with Gasteiger partial charge in [0, 0.05) is 13.7 Å². The zero-order chi connectivity index (χ0) is 14.0. The Labute approximate surface area is 112 Å². The lowest BCUT2D eigenvalue weighted by Gasteiger charge is -2.20. The van der Waals surface area contributed by atoms with Crippen molar-refractivity contribution in [1.82, 2.24) is 9.78 Å². The number of aromatic nitrogens is 2. The van der Waals surface area contributed by atoms with Gasteiger partial charge in [0.1, 0.15) is 5.69 Å². The Kier molecular flexibility index (Phi) is 4.04. The summed E-state index contributed by atoms with van der Waals surface area (Å²) in [6, 6.07) is 0.0290. The number of rotatable bonds is 5. The second-order valence-electron chi connectivity index (χ2n) is 4.86. The number of hydrogen-bond acceptors (Lipinski definition) is 5. The number of nitro groups is 1. The van der Waals surface area contributed by atoms with Gasteiger partial charge in [-0.3, -0.25) is 10.1 Å². The zero-order valence-corrected chi connectivity index (χ0v) is 11.5. The molecule has 0 aromatic carbocycles. The monoisotopic (exact) mass is 268 g/mol. The van der Waals surface area contributed by atoms with Crippen LogP contribution >= 0.6 is 0 Å². The summed E-state index contributed by atoms with van der Waals surface area (Å²) in [5, 5.41) is 18.6. The third-order valence-electron chi connectivity index (χ3n) is 3.50. The lowest BCUT2D eigenvalue weighted by molar-refractivity contribution is -0.384. The molecular weight excluding hydrogens is 248 g/mol. The zero-order valence-electron chi connectivity index (χ0n) is 11.5. The van der Waals surface area contributed by atoms with Crippen molar-refractivity contribution in [3.63, 3.8) is 0 Å². The molecule has 0 amide bonds. The molecule has 1 saturated heterocycles. The molecular formula is C12H20N4O3. The number of nitrogens with zero attached hydrogens (tertiary/aromatic N) is 3. The lowest BCUT2D eigenvalue weighted by Crippen LogP contribution is -2.31. The number of anilines is 1. The van der Waals surface area contributed by atoms with Crippen molar-refractivity contribution in [2.24, 2.45) is 7.05 Å². The topological polar surface area (TPSA) is 82.2 Å². The summed E-state index contributed by atoms with van der Waals surface area (Å²) in [4.78, 5) is 10.8. The minimum atomic E-state index is -0.365. The highest BCUT2D eigenvalue weighted by Gasteiger charge is 2.29. The van der Waals surface area contributed by atoms with E-state index in [9.17, 15) is 10.1 Å². The maximum Gasteiger partial charge on any atom is 0.333 e. The van der Waals surface area contributed by atoms with E-state index in [0.717, 1.165) is 19.4 Å². The van der Waals surface area contributed by atoms with Crippen LogP contribution in [0.3, 0.4) is 0 Å². The molecule has 106 valence electrons. The molecule has 1 aliphatic heterocycles. The molecule has 1 N–H and O–H groups in total. The van der Waals surface area contributed by atoms with Gasteiger partial charge in [0.25, 0.3) is 0 Å². The van der Waals surface area contributed by atoms with Crippen LogP contribution in [0.15, 0.2) is 0 Å². The van der Waals surface area contributed by atoms with Crippen LogP contribution in [-0.4, -0.2) is 33.5 Å². The first-order valence-corrected chi connectivity index (χ1v) is 6.63. The van der Waals surface area contributed by atoms with Gasteiger partial charge in [-0.1, -0.05) is 6.92 Å². The van der Waals surface area contributed by atoms with E-state index in [0.29, 0.717) is 17.9 Å². The van der Waals surface area contributed by atoms with Crippen LogP contribution in [0, 0.1) is 10.1 Å². The van der Waals surface area contributed by atoms with Crippen molar-refractivity contribution in [1.29, 1.82) is 0 Å². The molecule has 2 rings (SSSR count). The fourth-order valence-electron chi connectivity index (χ4n) is 2.47. The van der Waals surface area contributed by atoms with Gasteiger partial charge in [0.15, 0.2) is 0 Å². The Bertz CT molecular complexity index is 466. The molecule has 7 heteroatoms. The normalized spacial score (nSPS) is 20.5. The average molecular weight is 268 g/mol. The Balaban J connectivity index is 2.23. The van der Waals surface area contributed by atoms with Crippen LogP contribution in [0.4, 0.5) is 11.5 Å². The van der Waals surface area contributed by atoms with Crippen LogP contribution in [-0.2, 0) is 18.2 Å². The van der Waals surface area contributed by atoms with Crippen LogP contribution in [0.2, 0.25) is 0 Å². The highest BCUT2D eigenvalue weighted by Crippen LogP contribution is 2.30. The average Bonchev–Trinajstić information content (AvgIpc) is 2.97. The molecule has 2 unspecified atom stereocenters. The highest BCUT2D eigenvalue weighted by atomic mass is 16.6. The standard InChI is InChI=1S/C12H20N4O3/c1-4-9-11(16(17)18)12(15(3)14-9)13-8(2)10-6-5-7-19-10/h8,10,13H,4-7H2,1-3H3. The van der Waals surface area contributed by atoms with Crippen LogP contribution in [0.5, 0.6) is 0 Å². The quantitative estimate of drug-likeness (QED) is 0.651. The summed E-state index contributed by atoms with van der Waals surface area (Å²) >= 11 is 0. The van der Waals surface area contributed by atoms with Crippen LogP contribution in [0.25, 0.3) is 0 Å². The molecule has 1 fully saturated rings. The van der Waals surface area contributed by atoms with Gasteiger partial charge in [-0.25, -0.2) is 4.68 Å². The van der Waals surface area contributed by atoms with Gasteiger partial charge in [-0.2, -0.15) is 5.10 Å². The lowest BCUT2D eigenvalue weighted by atomic mass is 10.1. The summed E-state index contributed by atoms with van der Waals surface area (Å²) < 4.78 is 7.14. The van der Waals surface area contributed by atoms with Gasteiger partial charge in [0.05, 0.1) is 17.1 Å². The van der Waals surface area contributed by atoms with E-state index < -0.39 is 0 Å². The largest absolute Gasteiger partial charge is 0.376 e. The molecule has 0 aliphatic carbocycles. The van der Waals surface area contributed by atoms with E-state index in [-0.39, 0.29) is 22.8 Å². The van der Waals surface area contributed by atoms with E-state index >= 15 is 0 Å². The van der Waals surface area contributed by atoms with Gasteiger partial charge < -0.3 is 10.1 Å². The fourth-order valence-corrected chi connectivity index (χ4v) is 2.47. The van der Waals surface area contributed by atoms with Crippen molar-refractivity contribution in [3.8, 4) is 0 Å². The third-order valence-corrected chi connectivity index (χ3v) is 3.50. The molecule has 1 aromatic rings. The maximum atomic E-state index is 11.2. The second kappa shape index (κ2) is 5.56. The van der Waals surface area contributed by atoms with E-state index in [1.807, 2.05) is 13.8 Å². The van der Waals surface area contributed by atoms with Crippen molar-refractivity contribution in [2.45, 2.75) is 45.3 Å². The summed E-state index contributed by atoms with van der Waals surface area (Å²) in [7, 11) is 1.72. The molecule has 19 heavy (non-hydrogen) atoms. The molecule has 0 spiro atoms. The van der Waals surface area contributed by atoms with Crippen molar-refractivity contribution < 1.29 is 9.66 Å². The van der Waals surface area contributed by atoms with Crippen molar-refractivity contribution >= 4 is 11.5 Å². The maximum absolute atomic E-state index is 11.2. The summed E-state index contributed by atoms with van der Waals surface area (Å²) in [5.74, 6) is 0.463. The predicted molar refractivity (Wildman–Crippen MR) is 71.3 cm³/mol. The number of hydrogen-bond donors (Lipinski definition) is 1. The van der Waals surface area contributed by atoms with E-state index in [2.05, 4.69) is 10.4 Å². The first-order chi connectivity index (χ1) is 9.04. The Hall–Kier alpha value is -1.63. The minimum Gasteiger partial charge on any atom is -0.376 e. The first-order valence-electron chi connectivity index (χ1n) is 6.63. The molecule has 0 radical (unpaired) electrons. The summed E-state index contributed by atoms with van der Waals surface area (Å²) in [6.45, 7) is 4.62.